The monoisotopic (exact) mass is 347 g/mol. The molecule has 1 aliphatic rings. The molecule has 0 bridgehead atoms. The third-order valence-corrected chi connectivity index (χ3v) is 4.01. The Balaban J connectivity index is 0.00000169. The molecule has 126 valence electrons. The van der Waals surface area contributed by atoms with Crippen molar-refractivity contribution in [3.63, 3.8) is 0 Å². The number of pyridine rings is 1. The van der Waals surface area contributed by atoms with Crippen LogP contribution in [0.15, 0.2) is 52.1 Å². The van der Waals surface area contributed by atoms with E-state index in [1.165, 1.54) is 5.56 Å². The van der Waals surface area contributed by atoms with Crippen LogP contribution >= 0.6 is 12.4 Å². The minimum atomic E-state index is 0. The predicted octanol–water partition coefficient (Wildman–Crippen LogP) is 2.29. The van der Waals surface area contributed by atoms with Gasteiger partial charge in [-0.25, -0.2) is 0 Å². The Bertz CT molecular complexity index is 747. The maximum absolute atomic E-state index is 5.39. The van der Waals surface area contributed by atoms with E-state index in [4.69, 9.17) is 8.94 Å². The van der Waals surface area contributed by atoms with Crippen LogP contribution in [0.4, 0.5) is 0 Å². The molecule has 0 radical (unpaired) electrons. The molecule has 24 heavy (non-hydrogen) atoms. The SMILES string of the molecule is Cl.c1cncc(C2CNCCN2Cc2nc(-c3ccoc3)no2)c1. The summed E-state index contributed by atoms with van der Waals surface area (Å²) in [6, 6.07) is 6.13. The van der Waals surface area contributed by atoms with Crippen molar-refractivity contribution in [2.75, 3.05) is 19.6 Å². The highest BCUT2D eigenvalue weighted by molar-refractivity contribution is 5.85. The van der Waals surface area contributed by atoms with Gasteiger partial charge in [0.2, 0.25) is 11.7 Å². The quantitative estimate of drug-likeness (QED) is 0.775. The molecule has 1 N–H and O–H groups in total. The molecule has 1 fully saturated rings. The van der Waals surface area contributed by atoms with Crippen LogP contribution in [-0.4, -0.2) is 39.7 Å². The van der Waals surface area contributed by atoms with E-state index in [0.29, 0.717) is 18.3 Å². The molecule has 0 saturated carbocycles. The highest BCUT2D eigenvalue weighted by atomic mass is 35.5. The smallest absolute Gasteiger partial charge is 0.241 e. The van der Waals surface area contributed by atoms with E-state index in [2.05, 4.69) is 31.4 Å². The molecule has 1 saturated heterocycles. The van der Waals surface area contributed by atoms with E-state index in [9.17, 15) is 0 Å². The average Bonchev–Trinajstić information content (AvgIpc) is 3.27. The number of aromatic nitrogens is 3. The zero-order valence-electron chi connectivity index (χ0n) is 13.0. The van der Waals surface area contributed by atoms with Gasteiger partial charge in [-0.05, 0) is 17.7 Å². The van der Waals surface area contributed by atoms with Gasteiger partial charge in [-0.15, -0.1) is 12.4 Å². The molecule has 0 aliphatic carbocycles. The number of halogens is 1. The molecular weight excluding hydrogens is 330 g/mol. The standard InChI is InChI=1S/C16H17N5O2.ClH/c1-2-12(8-17-4-1)14-9-18-5-6-21(14)10-15-19-16(20-23-15)13-3-7-22-11-13;/h1-4,7-8,11,14,18H,5-6,9-10H2;1H. The van der Waals surface area contributed by atoms with Gasteiger partial charge in [-0.1, -0.05) is 11.2 Å². The third kappa shape index (κ3) is 3.48. The summed E-state index contributed by atoms with van der Waals surface area (Å²) in [4.78, 5) is 11.0. The summed E-state index contributed by atoms with van der Waals surface area (Å²) in [7, 11) is 0. The van der Waals surface area contributed by atoms with Crippen LogP contribution in [0.25, 0.3) is 11.4 Å². The lowest BCUT2D eigenvalue weighted by Crippen LogP contribution is -2.45. The van der Waals surface area contributed by atoms with Gasteiger partial charge in [0.1, 0.15) is 6.26 Å². The minimum Gasteiger partial charge on any atom is -0.472 e. The molecule has 1 unspecified atom stereocenters. The number of piperazine rings is 1. The first-order valence-corrected chi connectivity index (χ1v) is 7.60. The van der Waals surface area contributed by atoms with Crippen molar-refractivity contribution in [3.05, 3.63) is 54.6 Å². The first-order valence-electron chi connectivity index (χ1n) is 7.60. The molecule has 1 aliphatic heterocycles. The average molecular weight is 348 g/mol. The van der Waals surface area contributed by atoms with Crippen molar-refractivity contribution in [2.45, 2.75) is 12.6 Å². The molecule has 3 aromatic rings. The molecule has 1 atom stereocenters. The van der Waals surface area contributed by atoms with Gasteiger partial charge >= 0.3 is 0 Å². The second-order valence-electron chi connectivity index (χ2n) is 5.50. The minimum absolute atomic E-state index is 0. The van der Waals surface area contributed by atoms with E-state index < -0.39 is 0 Å². The fourth-order valence-corrected chi connectivity index (χ4v) is 2.84. The maximum atomic E-state index is 5.39. The maximum Gasteiger partial charge on any atom is 0.241 e. The van der Waals surface area contributed by atoms with E-state index >= 15 is 0 Å². The molecule has 0 amide bonds. The zero-order chi connectivity index (χ0) is 15.5. The summed E-state index contributed by atoms with van der Waals surface area (Å²) < 4.78 is 10.5. The Morgan fingerprint density at radius 3 is 3.08 bits per heavy atom. The van der Waals surface area contributed by atoms with Crippen molar-refractivity contribution in [2.24, 2.45) is 0 Å². The third-order valence-electron chi connectivity index (χ3n) is 4.01. The second-order valence-corrected chi connectivity index (χ2v) is 5.50. The number of nitrogens with one attached hydrogen (secondary N) is 1. The van der Waals surface area contributed by atoms with Gasteiger partial charge in [0.05, 0.1) is 18.4 Å². The number of nitrogens with zero attached hydrogens (tertiary/aromatic N) is 4. The lowest BCUT2D eigenvalue weighted by molar-refractivity contribution is 0.135. The predicted molar refractivity (Wildman–Crippen MR) is 89.5 cm³/mol. The van der Waals surface area contributed by atoms with Gasteiger partial charge in [0, 0.05) is 38.1 Å². The van der Waals surface area contributed by atoms with Gasteiger partial charge in [-0.3, -0.25) is 9.88 Å². The Hall–Kier alpha value is -2.22. The van der Waals surface area contributed by atoms with E-state index in [1.54, 1.807) is 18.7 Å². The number of hydrogen-bond donors (Lipinski definition) is 1. The van der Waals surface area contributed by atoms with Crippen LogP contribution in [0.3, 0.4) is 0 Å². The normalized spacial score (nSPS) is 18.2. The molecule has 4 rings (SSSR count). The molecule has 7 nitrogen and oxygen atoms in total. The van der Waals surface area contributed by atoms with Crippen LogP contribution in [0.5, 0.6) is 0 Å². The highest BCUT2D eigenvalue weighted by Crippen LogP contribution is 2.24. The molecule has 8 heteroatoms. The van der Waals surface area contributed by atoms with Crippen LogP contribution < -0.4 is 5.32 Å². The summed E-state index contributed by atoms with van der Waals surface area (Å²) in [5.41, 5.74) is 2.01. The summed E-state index contributed by atoms with van der Waals surface area (Å²) in [5.74, 6) is 1.17. The van der Waals surface area contributed by atoms with Crippen molar-refractivity contribution in [1.82, 2.24) is 25.3 Å². The first kappa shape index (κ1) is 16.6. The van der Waals surface area contributed by atoms with Crippen LogP contribution in [0.2, 0.25) is 0 Å². The van der Waals surface area contributed by atoms with E-state index in [1.807, 2.05) is 18.3 Å². The highest BCUT2D eigenvalue weighted by Gasteiger charge is 2.25. The van der Waals surface area contributed by atoms with Crippen molar-refractivity contribution in [3.8, 4) is 11.4 Å². The Morgan fingerprint density at radius 2 is 2.29 bits per heavy atom. The van der Waals surface area contributed by atoms with E-state index in [0.717, 1.165) is 25.2 Å². The number of rotatable bonds is 4. The molecular formula is C16H18ClN5O2. The summed E-state index contributed by atoms with van der Waals surface area (Å²) in [6.07, 6.45) is 6.91. The lowest BCUT2D eigenvalue weighted by Gasteiger charge is -2.35. The first-order chi connectivity index (χ1) is 11.4. The Kier molecular flexibility index (Phi) is 5.24. The molecule has 0 aromatic carbocycles. The van der Waals surface area contributed by atoms with Gasteiger partial charge in [-0.2, -0.15) is 4.98 Å². The van der Waals surface area contributed by atoms with Crippen molar-refractivity contribution in [1.29, 1.82) is 0 Å². The van der Waals surface area contributed by atoms with Gasteiger partial charge in [0.25, 0.3) is 0 Å². The zero-order valence-corrected chi connectivity index (χ0v) is 13.8. The fraction of sp³-hybridized carbons (Fsp3) is 0.312. The van der Waals surface area contributed by atoms with Gasteiger partial charge in [0.15, 0.2) is 0 Å². The fourth-order valence-electron chi connectivity index (χ4n) is 2.84. The van der Waals surface area contributed by atoms with Crippen LogP contribution in [0, 0.1) is 0 Å². The van der Waals surface area contributed by atoms with Crippen molar-refractivity contribution >= 4 is 12.4 Å². The molecule has 3 aromatic heterocycles. The summed E-state index contributed by atoms with van der Waals surface area (Å²) in [5, 5.41) is 7.45. The molecule has 4 heterocycles. The number of furan rings is 1. The van der Waals surface area contributed by atoms with Crippen LogP contribution in [-0.2, 0) is 6.54 Å². The lowest BCUT2D eigenvalue weighted by atomic mass is 10.1. The van der Waals surface area contributed by atoms with E-state index in [-0.39, 0.29) is 18.4 Å². The summed E-state index contributed by atoms with van der Waals surface area (Å²) >= 11 is 0. The van der Waals surface area contributed by atoms with Gasteiger partial charge < -0.3 is 14.3 Å². The van der Waals surface area contributed by atoms with Crippen LogP contribution in [0.1, 0.15) is 17.5 Å². The largest absolute Gasteiger partial charge is 0.472 e. The Morgan fingerprint density at radius 1 is 1.33 bits per heavy atom. The van der Waals surface area contributed by atoms with Crippen molar-refractivity contribution < 1.29 is 8.94 Å². The topological polar surface area (TPSA) is 80.2 Å². The number of hydrogen-bond acceptors (Lipinski definition) is 7. The molecule has 0 spiro atoms. The second kappa shape index (κ2) is 7.57. The summed E-state index contributed by atoms with van der Waals surface area (Å²) in [6.45, 7) is 3.36. The Labute approximate surface area is 145 Å².